The van der Waals surface area contributed by atoms with Gasteiger partial charge in [-0.1, -0.05) is 20.8 Å². The van der Waals surface area contributed by atoms with Crippen LogP contribution in [0.2, 0.25) is 18.1 Å². The van der Waals surface area contributed by atoms with Gasteiger partial charge in [0.15, 0.2) is 8.32 Å². The quantitative estimate of drug-likeness (QED) is 0.746. The summed E-state index contributed by atoms with van der Waals surface area (Å²) < 4.78 is 29.8. The van der Waals surface area contributed by atoms with E-state index in [1.165, 1.54) is 0 Å². The molecule has 0 spiro atoms. The van der Waals surface area contributed by atoms with Crippen molar-refractivity contribution < 1.29 is 13.2 Å². The highest BCUT2D eigenvalue weighted by Crippen LogP contribution is 2.36. The maximum absolute atomic E-state index is 12.1. The lowest BCUT2D eigenvalue weighted by atomic mass is 10.2. The van der Waals surface area contributed by atoms with Crippen LogP contribution in [0.5, 0.6) is 0 Å². The monoisotopic (exact) mass is 225 g/mol. The minimum Gasteiger partial charge on any atom is -0.415 e. The lowest BCUT2D eigenvalue weighted by molar-refractivity contribution is 0.0862. The van der Waals surface area contributed by atoms with Crippen molar-refractivity contribution in [1.29, 1.82) is 0 Å². The predicted molar refractivity (Wildman–Crippen MR) is 57.1 cm³/mol. The summed E-state index contributed by atoms with van der Waals surface area (Å²) >= 11 is 0. The molecular weight excluding hydrogens is 204 g/mol. The van der Waals surface area contributed by atoms with E-state index in [0.717, 1.165) is 0 Å². The second-order valence-electron chi connectivity index (χ2n) is 5.07. The zero-order valence-corrected chi connectivity index (χ0v) is 10.6. The first-order valence-corrected chi connectivity index (χ1v) is 7.66. The molecule has 5 heteroatoms. The number of nitrogens with two attached hydrogens (primary N) is 1. The summed E-state index contributed by atoms with van der Waals surface area (Å²) in [6.07, 6.45) is -2.50. The van der Waals surface area contributed by atoms with E-state index in [9.17, 15) is 8.78 Å². The summed E-state index contributed by atoms with van der Waals surface area (Å²) in [7, 11) is -1.93. The number of alkyl halides is 2. The van der Waals surface area contributed by atoms with Gasteiger partial charge in [0.1, 0.15) is 0 Å². The Hall–Kier alpha value is -0.00312. The van der Waals surface area contributed by atoms with Crippen molar-refractivity contribution in [2.24, 2.45) is 5.73 Å². The molecule has 0 aliphatic heterocycles. The van der Waals surface area contributed by atoms with Crippen LogP contribution >= 0.6 is 0 Å². The first-order chi connectivity index (χ1) is 6.08. The van der Waals surface area contributed by atoms with Crippen molar-refractivity contribution in [3.05, 3.63) is 0 Å². The lowest BCUT2D eigenvalue weighted by Gasteiger charge is -2.36. The molecule has 2 nitrogen and oxygen atoms in total. The van der Waals surface area contributed by atoms with Gasteiger partial charge >= 0.3 is 0 Å². The summed E-state index contributed by atoms with van der Waals surface area (Å²) in [5, 5.41) is 0.0365. The van der Waals surface area contributed by atoms with Gasteiger partial charge in [-0.15, -0.1) is 0 Å². The van der Waals surface area contributed by atoms with Crippen LogP contribution in [0.3, 0.4) is 0 Å². The van der Waals surface area contributed by atoms with Gasteiger partial charge in [-0.2, -0.15) is 0 Å². The summed E-state index contributed by atoms with van der Waals surface area (Å²) in [6, 6.07) is -1.16. The third-order valence-electron chi connectivity index (χ3n) is 2.77. The molecule has 14 heavy (non-hydrogen) atoms. The van der Waals surface area contributed by atoms with Crippen LogP contribution in [0.1, 0.15) is 20.8 Å². The molecule has 1 atom stereocenters. The number of hydrogen-bond acceptors (Lipinski definition) is 2. The van der Waals surface area contributed by atoms with Crippen LogP contribution in [0.25, 0.3) is 0 Å². The van der Waals surface area contributed by atoms with E-state index >= 15 is 0 Å². The van der Waals surface area contributed by atoms with Crippen molar-refractivity contribution in [2.75, 3.05) is 6.61 Å². The average Bonchev–Trinajstić information content (AvgIpc) is 1.97. The number of hydrogen-bond donors (Lipinski definition) is 1. The fraction of sp³-hybridized carbons (Fsp3) is 1.00. The molecule has 86 valence electrons. The van der Waals surface area contributed by atoms with E-state index in [1.54, 1.807) is 0 Å². The lowest BCUT2D eigenvalue weighted by Crippen LogP contribution is -2.45. The minimum absolute atomic E-state index is 0.0365. The Morgan fingerprint density at radius 2 is 1.71 bits per heavy atom. The maximum Gasteiger partial charge on any atom is 0.255 e. The van der Waals surface area contributed by atoms with Crippen molar-refractivity contribution >= 4 is 8.32 Å². The third-order valence-corrected chi connectivity index (χ3v) is 7.27. The Labute approximate surface area is 85.9 Å². The van der Waals surface area contributed by atoms with Crippen LogP contribution < -0.4 is 5.73 Å². The molecule has 0 amide bonds. The molecule has 0 aliphatic rings. The Balaban J connectivity index is 4.13. The Bertz CT molecular complexity index is 180. The van der Waals surface area contributed by atoms with E-state index in [-0.39, 0.29) is 11.6 Å². The molecule has 0 radical (unpaired) electrons. The molecule has 0 heterocycles. The second kappa shape index (κ2) is 4.68. The zero-order chi connectivity index (χ0) is 11.6. The molecular formula is C9H21F2NOSi. The van der Waals surface area contributed by atoms with Gasteiger partial charge in [-0.05, 0) is 18.1 Å². The minimum atomic E-state index is -2.50. The summed E-state index contributed by atoms with van der Waals surface area (Å²) in [5.41, 5.74) is 5.21. The van der Waals surface area contributed by atoms with Crippen LogP contribution in [-0.4, -0.2) is 27.4 Å². The van der Waals surface area contributed by atoms with E-state index in [4.69, 9.17) is 10.2 Å². The predicted octanol–water partition coefficient (Wildman–Crippen LogP) is 2.60. The normalized spacial score (nSPS) is 16.1. The fourth-order valence-corrected chi connectivity index (χ4v) is 1.64. The molecule has 0 bridgehead atoms. The van der Waals surface area contributed by atoms with Crippen LogP contribution in [0.15, 0.2) is 0 Å². The average molecular weight is 225 g/mol. The van der Waals surface area contributed by atoms with Gasteiger partial charge in [0.05, 0.1) is 12.6 Å². The van der Waals surface area contributed by atoms with E-state index < -0.39 is 20.8 Å². The third kappa shape index (κ3) is 4.02. The molecule has 0 saturated heterocycles. The largest absolute Gasteiger partial charge is 0.415 e. The molecule has 0 aromatic rings. The first-order valence-electron chi connectivity index (χ1n) is 4.75. The van der Waals surface area contributed by atoms with Gasteiger partial charge in [0.25, 0.3) is 6.43 Å². The molecule has 0 aliphatic carbocycles. The van der Waals surface area contributed by atoms with Crippen LogP contribution in [0, 0.1) is 0 Å². The molecule has 2 N–H and O–H groups in total. The van der Waals surface area contributed by atoms with E-state index in [2.05, 4.69) is 20.8 Å². The standard InChI is InChI=1S/C9H21F2NOSi/c1-9(2,3)14(4,5)13-6-7(12)8(10)11/h7-8H,6,12H2,1-5H3/t7-/m0/s1. The van der Waals surface area contributed by atoms with Crippen molar-refractivity contribution in [3.63, 3.8) is 0 Å². The molecule has 0 saturated carbocycles. The molecule has 0 rings (SSSR count). The summed E-state index contributed by atoms with van der Waals surface area (Å²) in [4.78, 5) is 0. The number of halogens is 2. The number of rotatable bonds is 4. The smallest absolute Gasteiger partial charge is 0.255 e. The fourth-order valence-electron chi connectivity index (χ4n) is 0.594. The molecule has 0 unspecified atom stereocenters. The first kappa shape index (κ1) is 14.0. The van der Waals surface area contributed by atoms with Gasteiger partial charge in [0, 0.05) is 0 Å². The summed E-state index contributed by atoms with van der Waals surface area (Å²) in [6.45, 7) is 10.2. The SMILES string of the molecule is CC(C)(C)[Si](C)(C)OC[C@H](N)C(F)F. The van der Waals surface area contributed by atoms with Gasteiger partial charge in [0.2, 0.25) is 0 Å². The zero-order valence-electron chi connectivity index (χ0n) is 9.60. The molecule has 0 aromatic carbocycles. The highest BCUT2D eigenvalue weighted by molar-refractivity contribution is 6.74. The topological polar surface area (TPSA) is 35.2 Å². The van der Waals surface area contributed by atoms with Gasteiger partial charge in [-0.25, -0.2) is 8.78 Å². The van der Waals surface area contributed by atoms with Crippen molar-refractivity contribution in [3.8, 4) is 0 Å². The van der Waals surface area contributed by atoms with Crippen LogP contribution in [0.4, 0.5) is 8.78 Å². The molecule has 0 aromatic heterocycles. The van der Waals surface area contributed by atoms with Gasteiger partial charge < -0.3 is 10.2 Å². The maximum atomic E-state index is 12.1. The highest BCUT2D eigenvalue weighted by Gasteiger charge is 2.37. The van der Waals surface area contributed by atoms with E-state index in [0.29, 0.717) is 0 Å². The van der Waals surface area contributed by atoms with Crippen LogP contribution in [-0.2, 0) is 4.43 Å². The van der Waals surface area contributed by atoms with Crippen molar-refractivity contribution in [2.45, 2.75) is 51.4 Å². The Morgan fingerprint density at radius 1 is 1.29 bits per heavy atom. The highest BCUT2D eigenvalue weighted by atomic mass is 28.4. The Kier molecular flexibility index (Phi) is 4.68. The molecule has 0 fully saturated rings. The second-order valence-corrected chi connectivity index (χ2v) is 9.88. The Morgan fingerprint density at radius 3 is 2.00 bits per heavy atom. The summed E-state index contributed by atoms with van der Waals surface area (Å²) in [5.74, 6) is 0. The van der Waals surface area contributed by atoms with Gasteiger partial charge in [-0.3, -0.25) is 0 Å². The van der Waals surface area contributed by atoms with Crippen molar-refractivity contribution in [1.82, 2.24) is 0 Å². The van der Waals surface area contributed by atoms with E-state index in [1.807, 2.05) is 13.1 Å².